The topological polar surface area (TPSA) is 92.1 Å². The molecule has 132 valence electrons. The number of aromatic nitrogens is 2. The van der Waals surface area contributed by atoms with Crippen molar-refractivity contribution in [1.82, 2.24) is 9.97 Å². The van der Waals surface area contributed by atoms with Gasteiger partial charge in [0.05, 0.1) is 16.5 Å². The van der Waals surface area contributed by atoms with Gasteiger partial charge in [-0.1, -0.05) is 18.2 Å². The summed E-state index contributed by atoms with van der Waals surface area (Å²) in [5, 5.41) is 2.01. The molecule has 3 N–H and O–H groups in total. The lowest BCUT2D eigenvalue weighted by molar-refractivity contribution is -0.122. The SMILES string of the molecule is NC(=O)c1cnc(N2CC3(CCC(=O)CC3)C2)c2c1[nH]c1ccccc12. The Hall–Kier alpha value is -2.89. The maximum atomic E-state index is 11.8. The van der Waals surface area contributed by atoms with Gasteiger partial charge < -0.3 is 15.6 Å². The van der Waals surface area contributed by atoms with Crippen LogP contribution in [0.3, 0.4) is 0 Å². The summed E-state index contributed by atoms with van der Waals surface area (Å²) in [7, 11) is 0. The van der Waals surface area contributed by atoms with Gasteiger partial charge in [-0.2, -0.15) is 0 Å². The van der Waals surface area contributed by atoms with Gasteiger partial charge in [0.15, 0.2) is 0 Å². The third-order valence-corrected chi connectivity index (χ3v) is 6.00. The largest absolute Gasteiger partial charge is 0.365 e. The number of pyridine rings is 1. The van der Waals surface area contributed by atoms with E-state index in [1.54, 1.807) is 6.20 Å². The predicted octanol–water partition coefficient (Wildman–Crippen LogP) is 2.76. The fourth-order valence-corrected chi connectivity index (χ4v) is 4.55. The average Bonchev–Trinajstić information content (AvgIpc) is 2.99. The van der Waals surface area contributed by atoms with E-state index >= 15 is 0 Å². The number of hydrogen-bond acceptors (Lipinski definition) is 4. The van der Waals surface area contributed by atoms with E-state index in [9.17, 15) is 9.59 Å². The van der Waals surface area contributed by atoms with Crippen LogP contribution >= 0.6 is 0 Å². The molecule has 1 aromatic carbocycles. The second-order valence-electron chi connectivity index (χ2n) is 7.68. The number of amides is 1. The number of aromatic amines is 1. The van der Waals surface area contributed by atoms with E-state index in [0.29, 0.717) is 24.2 Å². The van der Waals surface area contributed by atoms with Crippen LogP contribution in [-0.2, 0) is 4.79 Å². The number of para-hydroxylation sites is 1. The second-order valence-corrected chi connectivity index (χ2v) is 7.68. The minimum Gasteiger partial charge on any atom is -0.365 e. The van der Waals surface area contributed by atoms with Gasteiger partial charge in [-0.3, -0.25) is 9.59 Å². The summed E-state index contributed by atoms with van der Waals surface area (Å²) in [4.78, 5) is 33.6. The molecule has 1 aliphatic heterocycles. The quantitative estimate of drug-likeness (QED) is 0.745. The molecule has 0 unspecified atom stereocenters. The van der Waals surface area contributed by atoms with E-state index in [-0.39, 0.29) is 5.41 Å². The predicted molar refractivity (Wildman–Crippen MR) is 100 cm³/mol. The number of nitrogens with one attached hydrogen (secondary N) is 1. The second kappa shape index (κ2) is 5.30. The lowest BCUT2D eigenvalue weighted by atomic mass is 9.68. The van der Waals surface area contributed by atoms with E-state index in [2.05, 4.69) is 14.9 Å². The Bertz CT molecular complexity index is 1050. The number of primary amides is 1. The first-order valence-corrected chi connectivity index (χ1v) is 9.02. The first-order chi connectivity index (χ1) is 12.6. The number of carbonyl (C=O) groups is 2. The highest BCUT2D eigenvalue weighted by molar-refractivity contribution is 6.18. The molecule has 3 heterocycles. The summed E-state index contributed by atoms with van der Waals surface area (Å²) in [6, 6.07) is 7.99. The fraction of sp³-hybridized carbons (Fsp3) is 0.350. The summed E-state index contributed by atoms with van der Waals surface area (Å²) < 4.78 is 0. The molecule has 1 amide bonds. The van der Waals surface area contributed by atoms with Gasteiger partial charge in [-0.15, -0.1) is 0 Å². The number of carbonyl (C=O) groups excluding carboxylic acids is 2. The van der Waals surface area contributed by atoms with Crippen LogP contribution in [0.5, 0.6) is 0 Å². The van der Waals surface area contributed by atoms with E-state index in [4.69, 9.17) is 5.73 Å². The van der Waals surface area contributed by atoms with E-state index < -0.39 is 5.91 Å². The summed E-state index contributed by atoms with van der Waals surface area (Å²) in [6.45, 7) is 1.83. The van der Waals surface area contributed by atoms with Crippen molar-refractivity contribution in [3.63, 3.8) is 0 Å². The summed E-state index contributed by atoms with van der Waals surface area (Å²) in [5.41, 5.74) is 7.94. The summed E-state index contributed by atoms with van der Waals surface area (Å²) in [5.74, 6) is 0.800. The lowest BCUT2D eigenvalue weighted by Crippen LogP contribution is -2.58. The standard InChI is InChI=1S/C20H20N4O2/c21-18(26)14-9-22-19(16-13-3-1-2-4-15(13)23-17(14)16)24-10-20(11-24)7-5-12(25)6-8-20/h1-4,9,23H,5-8,10-11H2,(H2,21,26). The van der Waals surface area contributed by atoms with E-state index in [1.165, 1.54) is 0 Å². The van der Waals surface area contributed by atoms with Crippen LogP contribution in [0.1, 0.15) is 36.0 Å². The monoisotopic (exact) mass is 348 g/mol. The Kier molecular flexibility index (Phi) is 3.13. The summed E-state index contributed by atoms with van der Waals surface area (Å²) >= 11 is 0. The zero-order valence-electron chi connectivity index (χ0n) is 14.4. The minimum atomic E-state index is -0.480. The Morgan fingerprint density at radius 1 is 1.19 bits per heavy atom. The van der Waals surface area contributed by atoms with Gasteiger partial charge >= 0.3 is 0 Å². The van der Waals surface area contributed by atoms with Crippen LogP contribution in [0.25, 0.3) is 21.8 Å². The van der Waals surface area contributed by atoms with E-state index in [0.717, 1.165) is 53.6 Å². The normalized spacial score (nSPS) is 19.2. The molecule has 6 heteroatoms. The van der Waals surface area contributed by atoms with Crippen molar-refractivity contribution in [2.45, 2.75) is 25.7 Å². The summed E-state index contributed by atoms with van der Waals surface area (Å²) in [6.07, 6.45) is 4.91. The Balaban J connectivity index is 1.60. The molecular formula is C20H20N4O2. The first-order valence-electron chi connectivity index (χ1n) is 9.02. The zero-order chi connectivity index (χ0) is 17.9. The number of anilines is 1. The smallest absolute Gasteiger partial charge is 0.252 e. The Morgan fingerprint density at radius 2 is 1.92 bits per heavy atom. The number of nitrogens with two attached hydrogens (primary N) is 1. The van der Waals surface area contributed by atoms with E-state index in [1.807, 2.05) is 24.3 Å². The number of H-pyrrole nitrogens is 1. The fourth-order valence-electron chi connectivity index (χ4n) is 4.55. The Morgan fingerprint density at radius 3 is 2.65 bits per heavy atom. The molecule has 2 fully saturated rings. The van der Waals surface area contributed by atoms with Crippen molar-refractivity contribution in [2.75, 3.05) is 18.0 Å². The molecule has 1 aliphatic carbocycles. The van der Waals surface area contributed by atoms with Crippen molar-refractivity contribution in [3.8, 4) is 0 Å². The average molecular weight is 348 g/mol. The van der Waals surface area contributed by atoms with Crippen LogP contribution in [-0.4, -0.2) is 34.7 Å². The van der Waals surface area contributed by atoms with Gasteiger partial charge in [0.2, 0.25) is 0 Å². The first kappa shape index (κ1) is 15.4. The number of benzene rings is 1. The number of hydrogen-bond donors (Lipinski definition) is 2. The van der Waals surface area contributed by atoms with Crippen LogP contribution in [0.2, 0.25) is 0 Å². The zero-order valence-corrected chi connectivity index (χ0v) is 14.4. The molecule has 1 spiro atoms. The van der Waals surface area contributed by atoms with Crippen molar-refractivity contribution in [1.29, 1.82) is 0 Å². The third kappa shape index (κ3) is 2.14. The highest BCUT2D eigenvalue weighted by Gasteiger charge is 2.46. The highest BCUT2D eigenvalue weighted by Crippen LogP contribution is 2.46. The van der Waals surface area contributed by atoms with Gasteiger partial charge in [0.25, 0.3) is 5.91 Å². The number of Topliss-reactive ketones (excluding diaryl/α,β-unsaturated/α-hetero) is 1. The number of rotatable bonds is 2. The number of fused-ring (bicyclic) bond motifs is 3. The van der Waals surface area contributed by atoms with Gasteiger partial charge in [-0.25, -0.2) is 4.98 Å². The maximum absolute atomic E-state index is 11.8. The molecule has 3 aromatic rings. The van der Waals surface area contributed by atoms with Gasteiger partial charge in [0.1, 0.15) is 11.6 Å². The van der Waals surface area contributed by atoms with Gasteiger partial charge in [0, 0.05) is 48.4 Å². The molecular weight excluding hydrogens is 328 g/mol. The molecule has 0 bridgehead atoms. The van der Waals surface area contributed by atoms with Crippen molar-refractivity contribution < 1.29 is 9.59 Å². The van der Waals surface area contributed by atoms with Crippen LogP contribution in [0, 0.1) is 5.41 Å². The minimum absolute atomic E-state index is 0.246. The van der Waals surface area contributed by atoms with Crippen LogP contribution in [0.15, 0.2) is 30.5 Å². The molecule has 0 atom stereocenters. The molecule has 6 nitrogen and oxygen atoms in total. The van der Waals surface area contributed by atoms with Crippen molar-refractivity contribution >= 4 is 39.3 Å². The van der Waals surface area contributed by atoms with Gasteiger partial charge in [-0.05, 0) is 18.9 Å². The molecule has 0 radical (unpaired) electrons. The van der Waals surface area contributed by atoms with Crippen molar-refractivity contribution in [3.05, 3.63) is 36.0 Å². The number of nitrogens with zero attached hydrogens (tertiary/aromatic N) is 2. The molecule has 1 saturated heterocycles. The lowest BCUT2D eigenvalue weighted by Gasteiger charge is -2.52. The van der Waals surface area contributed by atoms with Crippen molar-refractivity contribution in [2.24, 2.45) is 11.1 Å². The molecule has 1 saturated carbocycles. The van der Waals surface area contributed by atoms with Crippen LogP contribution in [0.4, 0.5) is 5.82 Å². The Labute approximate surface area is 150 Å². The maximum Gasteiger partial charge on any atom is 0.252 e. The van der Waals surface area contributed by atoms with Crippen LogP contribution < -0.4 is 10.6 Å². The highest BCUT2D eigenvalue weighted by atomic mass is 16.1. The molecule has 2 aromatic heterocycles. The molecule has 2 aliphatic rings. The third-order valence-electron chi connectivity index (χ3n) is 6.00. The molecule has 5 rings (SSSR count). The number of ketones is 1. The molecule has 26 heavy (non-hydrogen) atoms.